The van der Waals surface area contributed by atoms with Gasteiger partial charge >= 0.3 is 0 Å². The Balaban J connectivity index is 1.82. The lowest BCUT2D eigenvalue weighted by Crippen LogP contribution is -2.33. The van der Waals surface area contributed by atoms with Gasteiger partial charge in [-0.2, -0.15) is 4.31 Å². The van der Waals surface area contributed by atoms with Crippen molar-refractivity contribution in [3.05, 3.63) is 24.3 Å². The number of carbonyl (C=O) groups is 1. The smallest absolute Gasteiger partial charge is 0.243 e. The highest BCUT2D eigenvalue weighted by Gasteiger charge is 2.44. The molecule has 2 N–H and O–H groups in total. The quantitative estimate of drug-likeness (QED) is 0.870. The Labute approximate surface area is 130 Å². The number of hydrogen-bond acceptors (Lipinski definition) is 4. The molecule has 1 aromatic rings. The van der Waals surface area contributed by atoms with Crippen LogP contribution in [0.25, 0.3) is 0 Å². The monoisotopic (exact) mass is 323 g/mol. The molecule has 1 aromatic carbocycles. The molecule has 0 saturated carbocycles. The first-order valence-electron chi connectivity index (χ1n) is 7.50. The van der Waals surface area contributed by atoms with Crippen molar-refractivity contribution in [2.75, 3.05) is 31.5 Å². The zero-order valence-corrected chi connectivity index (χ0v) is 13.4. The van der Waals surface area contributed by atoms with E-state index < -0.39 is 10.0 Å². The fourth-order valence-corrected chi connectivity index (χ4v) is 4.93. The summed E-state index contributed by atoms with van der Waals surface area (Å²) in [6.45, 7) is 4.40. The SMILES string of the molecule is CC(=O)Nc1cccc(S(=O)(=O)N2CCC3(CCNC3)C2)c1. The van der Waals surface area contributed by atoms with E-state index in [0.717, 1.165) is 25.9 Å². The second kappa shape index (κ2) is 5.64. The molecular formula is C15H21N3O3S. The third-order valence-electron chi connectivity index (χ3n) is 4.53. The summed E-state index contributed by atoms with van der Waals surface area (Å²) in [5, 5.41) is 5.95. The van der Waals surface area contributed by atoms with E-state index in [1.807, 2.05) is 0 Å². The fourth-order valence-electron chi connectivity index (χ4n) is 3.33. The molecular weight excluding hydrogens is 302 g/mol. The largest absolute Gasteiger partial charge is 0.326 e. The maximum atomic E-state index is 12.8. The number of benzene rings is 1. The van der Waals surface area contributed by atoms with Crippen LogP contribution in [0, 0.1) is 5.41 Å². The van der Waals surface area contributed by atoms with Crippen LogP contribution in [-0.4, -0.2) is 44.8 Å². The lowest BCUT2D eigenvalue weighted by molar-refractivity contribution is -0.114. The van der Waals surface area contributed by atoms with Gasteiger partial charge in [0.2, 0.25) is 15.9 Å². The van der Waals surface area contributed by atoms with E-state index >= 15 is 0 Å². The number of hydrogen-bond donors (Lipinski definition) is 2. The number of nitrogens with one attached hydrogen (secondary N) is 2. The van der Waals surface area contributed by atoms with Gasteiger partial charge in [0.05, 0.1) is 4.90 Å². The minimum absolute atomic E-state index is 0.0995. The van der Waals surface area contributed by atoms with Crippen molar-refractivity contribution in [1.82, 2.24) is 9.62 Å². The van der Waals surface area contributed by atoms with Crippen molar-refractivity contribution < 1.29 is 13.2 Å². The van der Waals surface area contributed by atoms with Crippen molar-refractivity contribution in [1.29, 1.82) is 0 Å². The average molecular weight is 323 g/mol. The zero-order chi connectivity index (χ0) is 15.8. The summed E-state index contributed by atoms with van der Waals surface area (Å²) in [5.41, 5.74) is 0.604. The van der Waals surface area contributed by atoms with E-state index in [1.54, 1.807) is 22.5 Å². The highest BCUT2D eigenvalue weighted by Crippen LogP contribution is 2.38. The molecule has 2 fully saturated rings. The minimum Gasteiger partial charge on any atom is -0.326 e. The Hall–Kier alpha value is -1.44. The van der Waals surface area contributed by atoms with Crippen LogP contribution in [0.4, 0.5) is 5.69 Å². The molecule has 0 aromatic heterocycles. The zero-order valence-electron chi connectivity index (χ0n) is 12.6. The van der Waals surface area contributed by atoms with Gasteiger partial charge in [0.25, 0.3) is 0 Å². The molecule has 2 saturated heterocycles. The first kappa shape index (κ1) is 15.5. The highest BCUT2D eigenvalue weighted by atomic mass is 32.2. The van der Waals surface area contributed by atoms with Crippen LogP contribution in [0.3, 0.4) is 0 Å². The second-order valence-electron chi connectivity index (χ2n) is 6.22. The van der Waals surface area contributed by atoms with Crippen LogP contribution in [0.5, 0.6) is 0 Å². The van der Waals surface area contributed by atoms with E-state index in [2.05, 4.69) is 10.6 Å². The van der Waals surface area contributed by atoms with Gasteiger partial charge in [-0.05, 0) is 43.0 Å². The first-order valence-corrected chi connectivity index (χ1v) is 8.94. The molecule has 0 aliphatic carbocycles. The maximum Gasteiger partial charge on any atom is 0.243 e. The molecule has 2 aliphatic heterocycles. The predicted molar refractivity (Wildman–Crippen MR) is 84.0 cm³/mol. The van der Waals surface area contributed by atoms with Crippen LogP contribution in [0.15, 0.2) is 29.2 Å². The van der Waals surface area contributed by atoms with E-state index in [1.165, 1.54) is 13.0 Å². The molecule has 7 heteroatoms. The normalized spacial score (nSPS) is 25.7. The molecule has 1 amide bonds. The lowest BCUT2D eigenvalue weighted by Gasteiger charge is -2.22. The number of sulfonamides is 1. The molecule has 120 valence electrons. The van der Waals surface area contributed by atoms with Crippen molar-refractivity contribution in [3.8, 4) is 0 Å². The van der Waals surface area contributed by atoms with Gasteiger partial charge in [0.15, 0.2) is 0 Å². The van der Waals surface area contributed by atoms with E-state index in [0.29, 0.717) is 18.8 Å². The standard InChI is InChI=1S/C15H21N3O3S/c1-12(19)17-13-3-2-4-14(9-13)22(20,21)18-8-6-15(11-18)5-7-16-10-15/h2-4,9,16H,5-8,10-11H2,1H3,(H,17,19). The predicted octanol–water partition coefficient (Wildman–Crippen LogP) is 1.02. The van der Waals surface area contributed by atoms with Crippen LogP contribution < -0.4 is 10.6 Å². The highest BCUT2D eigenvalue weighted by molar-refractivity contribution is 7.89. The van der Waals surface area contributed by atoms with Crippen molar-refractivity contribution >= 4 is 21.6 Å². The van der Waals surface area contributed by atoms with Crippen molar-refractivity contribution in [3.63, 3.8) is 0 Å². The molecule has 1 unspecified atom stereocenters. The maximum absolute atomic E-state index is 12.8. The minimum atomic E-state index is -3.51. The number of anilines is 1. The lowest BCUT2D eigenvalue weighted by atomic mass is 9.87. The fraction of sp³-hybridized carbons (Fsp3) is 0.533. The number of nitrogens with zero attached hydrogens (tertiary/aromatic N) is 1. The molecule has 0 bridgehead atoms. The molecule has 0 radical (unpaired) electrons. The topological polar surface area (TPSA) is 78.5 Å². The Kier molecular flexibility index (Phi) is 3.96. The molecule has 2 heterocycles. The van der Waals surface area contributed by atoms with Gasteiger partial charge in [0.1, 0.15) is 0 Å². The second-order valence-corrected chi connectivity index (χ2v) is 8.16. The summed E-state index contributed by atoms with van der Waals surface area (Å²) in [4.78, 5) is 11.4. The van der Waals surface area contributed by atoms with Gasteiger partial charge < -0.3 is 10.6 Å². The Morgan fingerprint density at radius 3 is 2.86 bits per heavy atom. The summed E-state index contributed by atoms with van der Waals surface area (Å²) in [5.74, 6) is -0.216. The van der Waals surface area contributed by atoms with Gasteiger partial charge in [-0.15, -0.1) is 0 Å². The molecule has 1 spiro atoms. The Bertz CT molecular complexity index is 681. The Morgan fingerprint density at radius 1 is 1.36 bits per heavy atom. The summed E-state index contributed by atoms with van der Waals surface area (Å²) >= 11 is 0. The first-order chi connectivity index (χ1) is 10.4. The van der Waals surface area contributed by atoms with Crippen molar-refractivity contribution in [2.45, 2.75) is 24.7 Å². The van der Waals surface area contributed by atoms with Gasteiger partial charge in [-0.25, -0.2) is 8.42 Å². The van der Waals surface area contributed by atoms with E-state index in [-0.39, 0.29) is 16.2 Å². The van der Waals surface area contributed by atoms with E-state index in [9.17, 15) is 13.2 Å². The van der Waals surface area contributed by atoms with Crippen LogP contribution >= 0.6 is 0 Å². The average Bonchev–Trinajstić information content (AvgIpc) is 3.09. The van der Waals surface area contributed by atoms with Gasteiger partial charge in [-0.1, -0.05) is 6.07 Å². The summed E-state index contributed by atoms with van der Waals surface area (Å²) < 4.78 is 27.2. The molecule has 6 nitrogen and oxygen atoms in total. The van der Waals surface area contributed by atoms with Crippen molar-refractivity contribution in [2.24, 2.45) is 5.41 Å². The third kappa shape index (κ3) is 2.88. The van der Waals surface area contributed by atoms with E-state index in [4.69, 9.17) is 0 Å². The third-order valence-corrected chi connectivity index (χ3v) is 6.37. The Morgan fingerprint density at radius 2 is 2.18 bits per heavy atom. The summed E-state index contributed by atoms with van der Waals surface area (Å²) in [7, 11) is -3.51. The number of amides is 1. The molecule has 3 rings (SSSR count). The number of rotatable bonds is 3. The molecule has 1 atom stereocenters. The van der Waals surface area contributed by atoms with Crippen LogP contribution in [-0.2, 0) is 14.8 Å². The van der Waals surface area contributed by atoms with Crippen LogP contribution in [0.2, 0.25) is 0 Å². The van der Waals surface area contributed by atoms with Gasteiger partial charge in [0, 0.05) is 32.2 Å². The molecule has 22 heavy (non-hydrogen) atoms. The molecule has 2 aliphatic rings. The summed E-state index contributed by atoms with van der Waals surface area (Å²) in [6, 6.07) is 6.45. The van der Waals surface area contributed by atoms with Gasteiger partial charge in [-0.3, -0.25) is 4.79 Å². The number of carbonyl (C=O) groups excluding carboxylic acids is 1. The summed E-state index contributed by atoms with van der Waals surface area (Å²) in [6.07, 6.45) is 1.94. The van der Waals surface area contributed by atoms with Crippen LogP contribution in [0.1, 0.15) is 19.8 Å².